The molecule has 8 heavy (non-hydrogen) atoms. The Bertz CT molecular complexity index is 99.7. The first kappa shape index (κ1) is 7.44. The van der Waals surface area contributed by atoms with Crippen LogP contribution in [0.5, 0.6) is 0 Å². The molecule has 0 aromatic carbocycles. The molecule has 0 radical (unpaired) electrons. The molecule has 0 heterocycles. The zero-order chi connectivity index (χ0) is 6.24. The van der Waals surface area contributed by atoms with Crippen molar-refractivity contribution in [3.05, 3.63) is 23.9 Å². The Balaban J connectivity index is 3.35. The number of hydrogen-bond donors (Lipinski definition) is 0. The lowest BCUT2D eigenvalue weighted by Gasteiger charge is -1.68. The minimum absolute atomic E-state index is 1.36. The molecular formula is C6H8ClN. The molecule has 1 nitrogen and oxygen atoms in total. The van der Waals surface area contributed by atoms with E-state index in [1.165, 1.54) is 11.7 Å². The fourth-order valence-electron chi connectivity index (χ4n) is 0.218. The second-order valence-electron chi connectivity index (χ2n) is 1.10. The summed E-state index contributed by atoms with van der Waals surface area (Å²) in [6.45, 7) is 1.93. The first-order valence-electron chi connectivity index (χ1n) is 2.31. The molecule has 0 aliphatic rings. The van der Waals surface area contributed by atoms with E-state index in [2.05, 4.69) is 4.99 Å². The minimum Gasteiger partial charge on any atom is -0.264 e. The van der Waals surface area contributed by atoms with Gasteiger partial charge in [-0.3, -0.25) is 4.99 Å². The monoisotopic (exact) mass is 129 g/mol. The van der Waals surface area contributed by atoms with Gasteiger partial charge in [-0.2, -0.15) is 0 Å². The molecular weight excluding hydrogens is 122 g/mol. The molecule has 0 saturated heterocycles. The van der Waals surface area contributed by atoms with Crippen LogP contribution in [0.2, 0.25) is 0 Å². The second kappa shape index (κ2) is 6.44. The molecule has 0 spiro atoms. The highest BCUT2D eigenvalue weighted by Gasteiger charge is 1.56. The maximum atomic E-state index is 5.16. The average molecular weight is 130 g/mol. The van der Waals surface area contributed by atoms with Crippen LogP contribution in [0.1, 0.15) is 6.92 Å². The Morgan fingerprint density at radius 3 is 2.75 bits per heavy atom. The van der Waals surface area contributed by atoms with E-state index in [1.807, 2.05) is 19.1 Å². The van der Waals surface area contributed by atoms with Crippen molar-refractivity contribution in [2.45, 2.75) is 6.92 Å². The van der Waals surface area contributed by atoms with Crippen molar-refractivity contribution in [2.75, 3.05) is 0 Å². The molecule has 0 amide bonds. The number of allylic oxidation sites excluding steroid dienone is 2. The Kier molecular flexibility index (Phi) is 5.99. The van der Waals surface area contributed by atoms with Gasteiger partial charge >= 0.3 is 0 Å². The molecule has 0 unspecified atom stereocenters. The summed E-state index contributed by atoms with van der Waals surface area (Å²) in [5, 5.41) is 0. The van der Waals surface area contributed by atoms with Gasteiger partial charge in [0, 0.05) is 17.9 Å². The summed E-state index contributed by atoms with van der Waals surface area (Å²) < 4.78 is 0. The molecule has 0 aliphatic carbocycles. The molecule has 0 aromatic rings. The summed E-state index contributed by atoms with van der Waals surface area (Å²) in [4.78, 5) is 3.76. The van der Waals surface area contributed by atoms with E-state index >= 15 is 0 Å². The van der Waals surface area contributed by atoms with Crippen LogP contribution in [0.3, 0.4) is 0 Å². The van der Waals surface area contributed by atoms with Crippen molar-refractivity contribution < 1.29 is 0 Å². The van der Waals surface area contributed by atoms with Crippen LogP contribution in [0.15, 0.2) is 28.9 Å². The smallest absolute Gasteiger partial charge is 0.0380 e. The summed E-state index contributed by atoms with van der Waals surface area (Å²) in [6, 6.07) is 0. The molecule has 0 aliphatic heterocycles. The molecule has 44 valence electrons. The van der Waals surface area contributed by atoms with E-state index < -0.39 is 0 Å². The number of aliphatic imine (C=N–C) groups is 1. The van der Waals surface area contributed by atoms with Gasteiger partial charge in [-0.1, -0.05) is 17.7 Å². The largest absolute Gasteiger partial charge is 0.264 e. The third kappa shape index (κ3) is 5.44. The number of nitrogens with zero attached hydrogens (tertiary/aromatic N) is 1. The summed E-state index contributed by atoms with van der Waals surface area (Å²) in [5.41, 5.74) is 1.36. The molecule has 0 rings (SSSR count). The van der Waals surface area contributed by atoms with Crippen molar-refractivity contribution in [2.24, 2.45) is 4.99 Å². The van der Waals surface area contributed by atoms with E-state index in [-0.39, 0.29) is 0 Å². The second-order valence-corrected chi connectivity index (χ2v) is 1.35. The lowest BCUT2D eigenvalue weighted by atomic mass is 10.6. The third-order valence-electron chi connectivity index (χ3n) is 0.507. The maximum Gasteiger partial charge on any atom is 0.0380 e. The number of rotatable bonds is 2. The van der Waals surface area contributed by atoms with Gasteiger partial charge < -0.3 is 0 Å². The normalized spacial score (nSPS) is 12.8. The van der Waals surface area contributed by atoms with E-state index in [9.17, 15) is 0 Å². The van der Waals surface area contributed by atoms with Crippen LogP contribution in [0, 0.1) is 0 Å². The fourth-order valence-corrected chi connectivity index (χ4v) is 0.283. The van der Waals surface area contributed by atoms with Crippen LogP contribution in [-0.2, 0) is 0 Å². The van der Waals surface area contributed by atoms with Crippen molar-refractivity contribution >= 4 is 17.8 Å². The highest BCUT2D eigenvalue weighted by atomic mass is 35.5. The quantitative estimate of drug-likeness (QED) is 0.508. The van der Waals surface area contributed by atoms with Gasteiger partial charge in [0.05, 0.1) is 0 Å². The first-order chi connectivity index (χ1) is 3.91. The zero-order valence-corrected chi connectivity index (χ0v) is 5.47. The van der Waals surface area contributed by atoms with Crippen LogP contribution in [0.4, 0.5) is 0 Å². The summed E-state index contributed by atoms with van der Waals surface area (Å²) in [7, 11) is 0. The van der Waals surface area contributed by atoms with Crippen molar-refractivity contribution in [3.8, 4) is 0 Å². The van der Waals surface area contributed by atoms with Crippen LogP contribution < -0.4 is 0 Å². The van der Waals surface area contributed by atoms with E-state index in [0.29, 0.717) is 0 Å². The topological polar surface area (TPSA) is 12.4 Å². The average Bonchev–Trinajstić information content (AvgIpc) is 1.81. The first-order valence-corrected chi connectivity index (χ1v) is 2.75. The zero-order valence-electron chi connectivity index (χ0n) is 4.71. The maximum absolute atomic E-state index is 5.16. The van der Waals surface area contributed by atoms with Crippen molar-refractivity contribution in [1.29, 1.82) is 0 Å². The fraction of sp³-hybridized carbons (Fsp3) is 0.167. The summed E-state index contributed by atoms with van der Waals surface area (Å²) in [5.74, 6) is 0. The highest BCUT2D eigenvalue weighted by molar-refractivity contribution is 6.25. The Morgan fingerprint density at radius 1 is 1.50 bits per heavy atom. The minimum atomic E-state index is 1.36. The lowest BCUT2D eigenvalue weighted by molar-refractivity contribution is 1.61. The van der Waals surface area contributed by atoms with Gasteiger partial charge in [-0.05, 0) is 13.0 Å². The highest BCUT2D eigenvalue weighted by Crippen LogP contribution is 1.77. The Labute approximate surface area is 54.4 Å². The molecule has 2 heteroatoms. The number of halogens is 1. The van der Waals surface area contributed by atoms with Gasteiger partial charge in [0.1, 0.15) is 0 Å². The standard InChI is InChI=1S/C6H8ClN/c1-2-3-5-8-6-4-7/h2-6H,1H3/b3-2-,6-4+,8-5-. The summed E-state index contributed by atoms with van der Waals surface area (Å²) >= 11 is 5.16. The molecule has 0 fully saturated rings. The van der Waals surface area contributed by atoms with Gasteiger partial charge in [-0.15, -0.1) is 0 Å². The molecule has 0 aromatic heterocycles. The van der Waals surface area contributed by atoms with Gasteiger partial charge in [0.2, 0.25) is 0 Å². The van der Waals surface area contributed by atoms with Crippen molar-refractivity contribution in [1.82, 2.24) is 0 Å². The SMILES string of the molecule is C\C=C/C=N\C=C\Cl. The predicted molar refractivity (Wildman–Crippen MR) is 38.3 cm³/mol. The number of hydrogen-bond acceptors (Lipinski definition) is 1. The Hall–Kier alpha value is -0.560. The van der Waals surface area contributed by atoms with E-state index in [4.69, 9.17) is 11.6 Å². The molecule has 0 atom stereocenters. The third-order valence-corrected chi connectivity index (χ3v) is 0.620. The van der Waals surface area contributed by atoms with Gasteiger partial charge in [0.25, 0.3) is 0 Å². The molecule has 0 bridgehead atoms. The summed E-state index contributed by atoms with van der Waals surface area (Å²) in [6.07, 6.45) is 6.91. The van der Waals surface area contributed by atoms with E-state index in [1.54, 1.807) is 6.21 Å². The van der Waals surface area contributed by atoms with Crippen LogP contribution in [0.25, 0.3) is 0 Å². The lowest BCUT2D eigenvalue weighted by Crippen LogP contribution is -1.56. The van der Waals surface area contributed by atoms with Crippen LogP contribution >= 0.6 is 11.6 Å². The Morgan fingerprint density at radius 2 is 2.25 bits per heavy atom. The predicted octanol–water partition coefficient (Wildman–Crippen LogP) is 2.34. The van der Waals surface area contributed by atoms with Crippen molar-refractivity contribution in [3.63, 3.8) is 0 Å². The van der Waals surface area contributed by atoms with Crippen LogP contribution in [-0.4, -0.2) is 6.21 Å². The van der Waals surface area contributed by atoms with Gasteiger partial charge in [0.15, 0.2) is 0 Å². The van der Waals surface area contributed by atoms with Gasteiger partial charge in [-0.25, -0.2) is 0 Å². The molecule has 0 N–H and O–H groups in total. The van der Waals surface area contributed by atoms with E-state index in [0.717, 1.165) is 0 Å². The molecule has 0 saturated carbocycles.